The number of carbonyl (C=O) groups excluding carboxylic acids is 1. The molecule has 1 saturated carbocycles. The molecule has 1 aliphatic carbocycles. The van der Waals surface area contributed by atoms with Gasteiger partial charge in [0, 0.05) is 9.72 Å². The highest BCUT2D eigenvalue weighted by molar-refractivity contribution is 7.17. The maximum absolute atomic E-state index is 12.1. The van der Waals surface area contributed by atoms with E-state index in [1.54, 1.807) is 11.3 Å². The van der Waals surface area contributed by atoms with Crippen LogP contribution in [0.3, 0.4) is 0 Å². The van der Waals surface area contributed by atoms with Crippen LogP contribution < -0.4 is 5.32 Å². The predicted octanol–water partition coefficient (Wildman–Crippen LogP) is 3.22. The van der Waals surface area contributed by atoms with Crippen molar-refractivity contribution in [2.45, 2.75) is 31.2 Å². The van der Waals surface area contributed by atoms with Crippen molar-refractivity contribution in [3.63, 3.8) is 0 Å². The number of carboxylic acids is 1. The molecule has 0 aliphatic heterocycles. The number of rotatable bonds is 4. The average molecular weight is 324 g/mol. The van der Waals surface area contributed by atoms with E-state index in [2.05, 4.69) is 5.32 Å². The molecule has 0 saturated heterocycles. The Morgan fingerprint density at radius 1 is 1.38 bits per heavy atom. The second-order valence-corrected chi connectivity index (χ2v) is 6.71. The zero-order valence-corrected chi connectivity index (χ0v) is 12.8. The lowest BCUT2D eigenvalue weighted by Crippen LogP contribution is -2.59. The molecule has 110 valence electrons. The van der Waals surface area contributed by atoms with E-state index < -0.39 is 11.5 Å². The Bertz CT molecular complexity index is 721. The molecule has 0 bridgehead atoms. The van der Waals surface area contributed by atoms with Crippen molar-refractivity contribution in [1.82, 2.24) is 5.32 Å². The average Bonchev–Trinajstić information content (AvgIpc) is 2.76. The van der Waals surface area contributed by atoms with Crippen LogP contribution in [-0.2, 0) is 16.0 Å². The van der Waals surface area contributed by atoms with E-state index in [4.69, 9.17) is 11.6 Å². The Labute approximate surface area is 130 Å². The van der Waals surface area contributed by atoms with E-state index >= 15 is 0 Å². The van der Waals surface area contributed by atoms with Gasteiger partial charge in [0.15, 0.2) is 0 Å². The van der Waals surface area contributed by atoms with Crippen LogP contribution in [-0.4, -0.2) is 22.5 Å². The van der Waals surface area contributed by atoms with Gasteiger partial charge in [-0.2, -0.15) is 0 Å². The van der Waals surface area contributed by atoms with Crippen molar-refractivity contribution in [3.05, 3.63) is 34.2 Å². The van der Waals surface area contributed by atoms with Crippen molar-refractivity contribution in [1.29, 1.82) is 0 Å². The number of amides is 1. The number of nitrogens with one attached hydrogen (secondary N) is 1. The van der Waals surface area contributed by atoms with Gasteiger partial charge in [0.05, 0.1) is 6.42 Å². The summed E-state index contributed by atoms with van der Waals surface area (Å²) >= 11 is 7.54. The summed E-state index contributed by atoms with van der Waals surface area (Å²) in [5, 5.41) is 15.4. The molecule has 1 aromatic carbocycles. The zero-order valence-electron chi connectivity index (χ0n) is 11.2. The Hall–Kier alpha value is -1.59. The maximum atomic E-state index is 12.1. The van der Waals surface area contributed by atoms with E-state index in [-0.39, 0.29) is 12.3 Å². The van der Waals surface area contributed by atoms with Gasteiger partial charge in [-0.1, -0.05) is 11.6 Å². The molecule has 2 aromatic rings. The summed E-state index contributed by atoms with van der Waals surface area (Å²) in [5.41, 5.74) is -0.171. The van der Waals surface area contributed by atoms with Crippen LogP contribution in [0.25, 0.3) is 10.1 Å². The number of carbonyl (C=O) groups is 2. The molecule has 0 radical (unpaired) electrons. The fourth-order valence-electron chi connectivity index (χ4n) is 2.60. The molecule has 0 unspecified atom stereocenters. The third-order valence-electron chi connectivity index (χ3n) is 3.96. The molecule has 21 heavy (non-hydrogen) atoms. The van der Waals surface area contributed by atoms with Crippen LogP contribution in [0.2, 0.25) is 5.02 Å². The van der Waals surface area contributed by atoms with Gasteiger partial charge in [-0.15, -0.1) is 11.3 Å². The van der Waals surface area contributed by atoms with Crippen molar-refractivity contribution in [2.24, 2.45) is 0 Å². The molecule has 1 heterocycles. The number of benzene rings is 1. The smallest absolute Gasteiger partial charge is 0.329 e. The lowest BCUT2D eigenvalue weighted by molar-refractivity contribution is -0.151. The highest BCUT2D eigenvalue weighted by Gasteiger charge is 2.45. The van der Waals surface area contributed by atoms with Gasteiger partial charge in [0.1, 0.15) is 5.54 Å². The highest BCUT2D eigenvalue weighted by atomic mass is 35.5. The summed E-state index contributed by atoms with van der Waals surface area (Å²) in [7, 11) is 0. The summed E-state index contributed by atoms with van der Waals surface area (Å²) in [6.07, 6.45) is 2.02. The van der Waals surface area contributed by atoms with Crippen LogP contribution >= 0.6 is 22.9 Å². The SMILES string of the molecule is O=C(Cc1csc2ccc(Cl)cc12)NC1(C(=O)O)CCC1. The van der Waals surface area contributed by atoms with E-state index in [9.17, 15) is 14.7 Å². The standard InChI is InChI=1S/C15H14ClNO3S/c16-10-2-3-12-11(7-10)9(8-21-12)6-13(18)17-15(14(19)20)4-1-5-15/h2-3,7-8H,1,4-6H2,(H,17,18)(H,19,20). The van der Waals surface area contributed by atoms with Gasteiger partial charge in [0.25, 0.3) is 0 Å². The van der Waals surface area contributed by atoms with Gasteiger partial charge >= 0.3 is 5.97 Å². The fourth-order valence-corrected chi connectivity index (χ4v) is 3.71. The maximum Gasteiger partial charge on any atom is 0.329 e. The third-order valence-corrected chi connectivity index (χ3v) is 5.21. The van der Waals surface area contributed by atoms with Crippen molar-refractivity contribution in [2.75, 3.05) is 0 Å². The molecule has 0 atom stereocenters. The van der Waals surface area contributed by atoms with Crippen molar-refractivity contribution < 1.29 is 14.7 Å². The summed E-state index contributed by atoms with van der Waals surface area (Å²) in [6.45, 7) is 0. The number of carboxylic acid groups (broad SMARTS) is 1. The topological polar surface area (TPSA) is 66.4 Å². The molecule has 1 amide bonds. The van der Waals surface area contributed by atoms with Crippen LogP contribution in [0.1, 0.15) is 24.8 Å². The first-order valence-electron chi connectivity index (χ1n) is 6.70. The number of thiophene rings is 1. The largest absolute Gasteiger partial charge is 0.480 e. The van der Waals surface area contributed by atoms with Gasteiger partial charge in [-0.3, -0.25) is 4.79 Å². The lowest BCUT2D eigenvalue weighted by Gasteiger charge is -2.38. The Kier molecular flexibility index (Phi) is 3.63. The monoisotopic (exact) mass is 323 g/mol. The fraction of sp³-hybridized carbons (Fsp3) is 0.333. The molecule has 1 fully saturated rings. The lowest BCUT2D eigenvalue weighted by atomic mass is 9.76. The van der Waals surface area contributed by atoms with Gasteiger partial charge < -0.3 is 10.4 Å². The normalized spacial score (nSPS) is 16.4. The van der Waals surface area contributed by atoms with Crippen molar-refractivity contribution >= 4 is 44.9 Å². The quantitative estimate of drug-likeness (QED) is 0.908. The predicted molar refractivity (Wildman–Crippen MR) is 82.9 cm³/mol. The second-order valence-electron chi connectivity index (χ2n) is 5.37. The highest BCUT2D eigenvalue weighted by Crippen LogP contribution is 2.33. The first kappa shape index (κ1) is 14.4. The molecular formula is C15H14ClNO3S. The Balaban J connectivity index is 1.77. The number of hydrogen-bond acceptors (Lipinski definition) is 3. The van der Waals surface area contributed by atoms with Gasteiger partial charge in [-0.25, -0.2) is 4.79 Å². The van der Waals surface area contributed by atoms with Crippen LogP contribution in [0.4, 0.5) is 0 Å². The minimum absolute atomic E-state index is 0.176. The molecule has 2 N–H and O–H groups in total. The molecule has 3 rings (SSSR count). The molecule has 6 heteroatoms. The first-order chi connectivity index (χ1) is 10.00. The summed E-state index contributed by atoms with van der Waals surface area (Å²) in [6, 6.07) is 5.58. The van der Waals surface area contributed by atoms with E-state index in [0.29, 0.717) is 17.9 Å². The summed E-state index contributed by atoms with van der Waals surface area (Å²) in [5.74, 6) is -1.20. The molecule has 1 aromatic heterocycles. The number of halogens is 1. The van der Waals surface area contributed by atoms with Crippen LogP contribution in [0.15, 0.2) is 23.6 Å². The molecule has 0 spiro atoms. The minimum atomic E-state index is -1.06. The molecule has 4 nitrogen and oxygen atoms in total. The van der Waals surface area contributed by atoms with Gasteiger partial charge in [-0.05, 0) is 53.8 Å². The van der Waals surface area contributed by atoms with Crippen molar-refractivity contribution in [3.8, 4) is 0 Å². The summed E-state index contributed by atoms with van der Waals surface area (Å²) < 4.78 is 1.07. The van der Waals surface area contributed by atoms with E-state index in [1.165, 1.54) is 0 Å². The van der Waals surface area contributed by atoms with Crippen LogP contribution in [0.5, 0.6) is 0 Å². The van der Waals surface area contributed by atoms with Crippen LogP contribution in [0, 0.1) is 0 Å². The van der Waals surface area contributed by atoms with E-state index in [0.717, 1.165) is 22.1 Å². The Morgan fingerprint density at radius 3 is 2.76 bits per heavy atom. The number of fused-ring (bicyclic) bond motifs is 1. The molecular weight excluding hydrogens is 310 g/mol. The van der Waals surface area contributed by atoms with Gasteiger partial charge in [0.2, 0.25) is 5.91 Å². The van der Waals surface area contributed by atoms with E-state index in [1.807, 2.05) is 23.6 Å². The third kappa shape index (κ3) is 2.63. The molecule has 1 aliphatic rings. The first-order valence-corrected chi connectivity index (χ1v) is 7.96. The second kappa shape index (κ2) is 5.31. The number of aliphatic carboxylic acids is 1. The summed E-state index contributed by atoms with van der Waals surface area (Å²) in [4.78, 5) is 23.4. The minimum Gasteiger partial charge on any atom is -0.480 e. The Morgan fingerprint density at radius 2 is 2.14 bits per heavy atom. The number of hydrogen-bond donors (Lipinski definition) is 2. The zero-order chi connectivity index (χ0) is 15.0.